The second-order valence-corrected chi connectivity index (χ2v) is 1.56. The first-order valence-electron chi connectivity index (χ1n) is 2.63. The van der Waals surface area contributed by atoms with Crippen molar-refractivity contribution in [3.63, 3.8) is 0 Å². The van der Waals surface area contributed by atoms with Crippen LogP contribution in [-0.2, 0) is 4.74 Å². The van der Waals surface area contributed by atoms with Gasteiger partial charge in [0.15, 0.2) is 6.29 Å². The molecule has 0 saturated heterocycles. The zero-order valence-corrected chi connectivity index (χ0v) is 5.00. The maximum absolute atomic E-state index is 8.66. The maximum atomic E-state index is 8.66. The first kappa shape index (κ1) is 7.88. The van der Waals surface area contributed by atoms with Crippen LogP contribution in [0.15, 0.2) is 0 Å². The normalized spacial score (nSPS) is 13.9. The standard InChI is InChI=1S/C5H12O3/c1-8-5(7)3-2-4-6/h5-7H,2-4H2,1H3. The smallest absolute Gasteiger partial charge is 0.154 e. The zero-order chi connectivity index (χ0) is 6.41. The molecule has 0 rings (SSSR count). The summed E-state index contributed by atoms with van der Waals surface area (Å²) in [6, 6.07) is 0. The van der Waals surface area contributed by atoms with Crippen LogP contribution < -0.4 is 0 Å². The van der Waals surface area contributed by atoms with E-state index in [9.17, 15) is 0 Å². The largest absolute Gasteiger partial charge is 0.396 e. The quantitative estimate of drug-likeness (QED) is 0.502. The molecule has 0 aliphatic rings. The van der Waals surface area contributed by atoms with Crippen molar-refractivity contribution in [3.05, 3.63) is 0 Å². The summed E-state index contributed by atoms with van der Waals surface area (Å²) in [5.41, 5.74) is 0. The van der Waals surface area contributed by atoms with Gasteiger partial charge in [0.1, 0.15) is 0 Å². The first-order valence-corrected chi connectivity index (χ1v) is 2.63. The zero-order valence-electron chi connectivity index (χ0n) is 5.00. The molecule has 0 aromatic rings. The third-order valence-electron chi connectivity index (χ3n) is 0.881. The van der Waals surface area contributed by atoms with Crippen molar-refractivity contribution in [2.75, 3.05) is 13.7 Å². The molecule has 0 aromatic heterocycles. The Morgan fingerprint density at radius 3 is 2.62 bits per heavy atom. The van der Waals surface area contributed by atoms with E-state index in [0.717, 1.165) is 0 Å². The van der Waals surface area contributed by atoms with Gasteiger partial charge in [-0.05, 0) is 6.42 Å². The van der Waals surface area contributed by atoms with E-state index in [1.165, 1.54) is 7.11 Å². The van der Waals surface area contributed by atoms with Crippen LogP contribution in [0.5, 0.6) is 0 Å². The Bertz CT molecular complexity index is 46.9. The Balaban J connectivity index is 2.86. The average Bonchev–Trinajstić information content (AvgIpc) is 1.83. The molecule has 3 heteroatoms. The van der Waals surface area contributed by atoms with E-state index in [1.807, 2.05) is 0 Å². The Hall–Kier alpha value is -0.120. The fourth-order valence-corrected chi connectivity index (χ4v) is 0.384. The molecule has 50 valence electrons. The van der Waals surface area contributed by atoms with Crippen LogP contribution in [0.3, 0.4) is 0 Å². The van der Waals surface area contributed by atoms with Gasteiger partial charge < -0.3 is 14.9 Å². The predicted octanol–water partition coefficient (Wildman–Crippen LogP) is -0.276. The van der Waals surface area contributed by atoms with Gasteiger partial charge in [-0.2, -0.15) is 0 Å². The minimum absolute atomic E-state index is 0.112. The molecular weight excluding hydrogens is 108 g/mol. The molecule has 3 nitrogen and oxygen atoms in total. The van der Waals surface area contributed by atoms with Crippen molar-refractivity contribution >= 4 is 0 Å². The molecule has 0 saturated carbocycles. The fraction of sp³-hybridized carbons (Fsp3) is 1.00. The van der Waals surface area contributed by atoms with Crippen molar-refractivity contribution in [1.82, 2.24) is 0 Å². The van der Waals surface area contributed by atoms with E-state index in [1.54, 1.807) is 0 Å². The molecule has 0 aliphatic carbocycles. The summed E-state index contributed by atoms with van der Waals surface area (Å²) in [6.45, 7) is 0.112. The monoisotopic (exact) mass is 120 g/mol. The van der Waals surface area contributed by atoms with Gasteiger partial charge in [-0.1, -0.05) is 0 Å². The van der Waals surface area contributed by atoms with Gasteiger partial charge in [-0.3, -0.25) is 0 Å². The van der Waals surface area contributed by atoms with Gasteiger partial charge in [0.05, 0.1) is 0 Å². The maximum Gasteiger partial charge on any atom is 0.154 e. The highest BCUT2D eigenvalue weighted by Gasteiger charge is 1.97. The van der Waals surface area contributed by atoms with Crippen LogP contribution in [0.2, 0.25) is 0 Å². The molecule has 0 heterocycles. The van der Waals surface area contributed by atoms with Gasteiger partial charge >= 0.3 is 0 Å². The first-order chi connectivity index (χ1) is 3.81. The molecule has 0 radical (unpaired) electrons. The van der Waals surface area contributed by atoms with Gasteiger partial charge in [-0.25, -0.2) is 0 Å². The second kappa shape index (κ2) is 5.03. The van der Waals surface area contributed by atoms with Crippen LogP contribution in [0, 0.1) is 0 Å². The summed E-state index contributed by atoms with van der Waals surface area (Å²) in [5, 5.41) is 16.9. The van der Waals surface area contributed by atoms with Gasteiger partial charge in [0.25, 0.3) is 0 Å². The lowest BCUT2D eigenvalue weighted by atomic mass is 10.3. The molecule has 0 spiro atoms. The van der Waals surface area contributed by atoms with Crippen LogP contribution in [0.25, 0.3) is 0 Å². The SMILES string of the molecule is COC(O)CCCO. The highest BCUT2D eigenvalue weighted by atomic mass is 16.6. The third kappa shape index (κ3) is 4.05. The van der Waals surface area contributed by atoms with E-state index in [-0.39, 0.29) is 6.61 Å². The van der Waals surface area contributed by atoms with Crippen molar-refractivity contribution < 1.29 is 14.9 Å². The Morgan fingerprint density at radius 2 is 2.25 bits per heavy atom. The average molecular weight is 120 g/mol. The van der Waals surface area contributed by atoms with E-state index in [2.05, 4.69) is 4.74 Å². The summed E-state index contributed by atoms with van der Waals surface area (Å²) in [4.78, 5) is 0. The lowest BCUT2D eigenvalue weighted by Gasteiger charge is -2.04. The van der Waals surface area contributed by atoms with Crippen molar-refractivity contribution in [1.29, 1.82) is 0 Å². The van der Waals surface area contributed by atoms with Gasteiger partial charge in [-0.15, -0.1) is 0 Å². The molecule has 0 fully saturated rings. The number of ether oxygens (including phenoxy) is 1. The Labute approximate surface area is 48.9 Å². The molecule has 0 bridgehead atoms. The minimum atomic E-state index is -0.706. The molecule has 0 amide bonds. The highest BCUT2D eigenvalue weighted by molar-refractivity contribution is 4.39. The van der Waals surface area contributed by atoms with Crippen LogP contribution in [0.1, 0.15) is 12.8 Å². The Kier molecular flexibility index (Phi) is 4.95. The van der Waals surface area contributed by atoms with E-state index >= 15 is 0 Å². The molecule has 1 atom stereocenters. The molecule has 0 aromatic carbocycles. The predicted molar refractivity (Wildman–Crippen MR) is 29.3 cm³/mol. The lowest BCUT2D eigenvalue weighted by molar-refractivity contribution is -0.0806. The summed E-state index contributed by atoms with van der Waals surface area (Å²) < 4.78 is 4.50. The van der Waals surface area contributed by atoms with Crippen LogP contribution in [0.4, 0.5) is 0 Å². The fourth-order valence-electron chi connectivity index (χ4n) is 0.384. The number of hydrogen-bond acceptors (Lipinski definition) is 3. The van der Waals surface area contributed by atoms with E-state index < -0.39 is 6.29 Å². The number of methoxy groups -OCH3 is 1. The number of aliphatic hydroxyl groups is 2. The van der Waals surface area contributed by atoms with Crippen molar-refractivity contribution in [2.24, 2.45) is 0 Å². The second-order valence-electron chi connectivity index (χ2n) is 1.56. The van der Waals surface area contributed by atoms with Gasteiger partial charge in [0.2, 0.25) is 0 Å². The third-order valence-corrected chi connectivity index (χ3v) is 0.881. The van der Waals surface area contributed by atoms with E-state index in [0.29, 0.717) is 12.8 Å². The van der Waals surface area contributed by atoms with Crippen LogP contribution >= 0.6 is 0 Å². The topological polar surface area (TPSA) is 49.7 Å². The van der Waals surface area contributed by atoms with E-state index in [4.69, 9.17) is 10.2 Å². The summed E-state index contributed by atoms with van der Waals surface area (Å²) >= 11 is 0. The summed E-state index contributed by atoms with van der Waals surface area (Å²) in [7, 11) is 1.43. The minimum Gasteiger partial charge on any atom is -0.396 e. The Morgan fingerprint density at radius 1 is 1.62 bits per heavy atom. The van der Waals surface area contributed by atoms with Crippen molar-refractivity contribution in [3.8, 4) is 0 Å². The molecule has 2 N–H and O–H groups in total. The summed E-state index contributed by atoms with van der Waals surface area (Å²) in [5.74, 6) is 0. The molecule has 0 aliphatic heterocycles. The molecule has 8 heavy (non-hydrogen) atoms. The number of aliphatic hydroxyl groups excluding tert-OH is 2. The number of rotatable bonds is 4. The molecule has 1 unspecified atom stereocenters. The van der Waals surface area contributed by atoms with Crippen LogP contribution in [-0.4, -0.2) is 30.2 Å². The highest BCUT2D eigenvalue weighted by Crippen LogP contribution is 1.94. The van der Waals surface area contributed by atoms with Gasteiger partial charge in [0, 0.05) is 20.1 Å². The van der Waals surface area contributed by atoms with Crippen molar-refractivity contribution in [2.45, 2.75) is 19.1 Å². The summed E-state index contributed by atoms with van der Waals surface area (Å²) in [6.07, 6.45) is 0.393. The lowest BCUT2D eigenvalue weighted by Crippen LogP contribution is -2.08. The number of hydrogen-bond donors (Lipinski definition) is 2. The molecular formula is C5H12O3.